The molecule has 1 aliphatic carbocycles. The lowest BCUT2D eigenvalue weighted by atomic mass is 10.1. The smallest absolute Gasteiger partial charge is 0.269 e. The Hall–Kier alpha value is -1.62. The van der Waals surface area contributed by atoms with Gasteiger partial charge in [-0.15, -0.1) is 0 Å². The quantitative estimate of drug-likeness (QED) is 0.541. The molecule has 1 saturated carbocycles. The molecule has 5 nitrogen and oxygen atoms in total. The second-order valence-corrected chi connectivity index (χ2v) is 4.41. The standard InChI is InChI=1S/C12H18N4O/c13-16-11-7-3-6-10(15-11)12(17)14-8-9-4-1-2-5-9/h3,6-7,9H,1-2,4-5,8,13H2,(H,14,17)(H,15,16). The van der Waals surface area contributed by atoms with Gasteiger partial charge in [-0.3, -0.25) is 4.79 Å². The van der Waals surface area contributed by atoms with E-state index in [4.69, 9.17) is 5.84 Å². The number of anilines is 1. The van der Waals surface area contributed by atoms with Gasteiger partial charge in [-0.25, -0.2) is 10.8 Å². The number of rotatable bonds is 4. The molecule has 0 aliphatic heterocycles. The fourth-order valence-electron chi connectivity index (χ4n) is 2.18. The minimum atomic E-state index is -0.131. The first-order chi connectivity index (χ1) is 8.29. The Morgan fingerprint density at radius 2 is 2.18 bits per heavy atom. The number of nitrogens with zero attached hydrogens (tertiary/aromatic N) is 1. The van der Waals surface area contributed by atoms with Crippen molar-refractivity contribution in [3.63, 3.8) is 0 Å². The number of hydrazine groups is 1. The maximum atomic E-state index is 11.8. The zero-order chi connectivity index (χ0) is 12.1. The Labute approximate surface area is 101 Å². The Kier molecular flexibility index (Phi) is 3.93. The maximum Gasteiger partial charge on any atom is 0.269 e. The van der Waals surface area contributed by atoms with Gasteiger partial charge >= 0.3 is 0 Å². The van der Waals surface area contributed by atoms with Crippen molar-refractivity contribution < 1.29 is 4.79 Å². The van der Waals surface area contributed by atoms with Crippen molar-refractivity contribution in [3.05, 3.63) is 23.9 Å². The highest BCUT2D eigenvalue weighted by Crippen LogP contribution is 2.23. The van der Waals surface area contributed by atoms with Gasteiger partial charge in [0.25, 0.3) is 5.91 Å². The number of carbonyl (C=O) groups is 1. The van der Waals surface area contributed by atoms with Crippen molar-refractivity contribution in [1.82, 2.24) is 10.3 Å². The average Bonchev–Trinajstić information content (AvgIpc) is 2.89. The number of carbonyl (C=O) groups excluding carboxylic acids is 1. The van der Waals surface area contributed by atoms with Crippen LogP contribution in [0, 0.1) is 5.92 Å². The van der Waals surface area contributed by atoms with Crippen molar-refractivity contribution in [2.24, 2.45) is 11.8 Å². The molecule has 2 rings (SSSR count). The number of pyridine rings is 1. The number of aromatic nitrogens is 1. The number of hydrogen-bond donors (Lipinski definition) is 3. The molecule has 1 heterocycles. The van der Waals surface area contributed by atoms with Crippen LogP contribution in [-0.2, 0) is 0 Å². The van der Waals surface area contributed by atoms with Crippen LogP contribution < -0.4 is 16.6 Å². The molecule has 1 amide bonds. The summed E-state index contributed by atoms with van der Waals surface area (Å²) in [5, 5.41) is 2.92. The molecule has 0 saturated heterocycles. The summed E-state index contributed by atoms with van der Waals surface area (Å²) < 4.78 is 0. The van der Waals surface area contributed by atoms with Crippen LogP contribution in [0.2, 0.25) is 0 Å². The fourth-order valence-corrected chi connectivity index (χ4v) is 2.18. The first-order valence-corrected chi connectivity index (χ1v) is 6.01. The van der Waals surface area contributed by atoms with E-state index >= 15 is 0 Å². The molecule has 5 heteroatoms. The van der Waals surface area contributed by atoms with E-state index in [1.165, 1.54) is 25.7 Å². The highest BCUT2D eigenvalue weighted by Gasteiger charge is 2.16. The van der Waals surface area contributed by atoms with Gasteiger partial charge in [0, 0.05) is 6.54 Å². The minimum absolute atomic E-state index is 0.131. The van der Waals surface area contributed by atoms with E-state index < -0.39 is 0 Å². The number of hydrogen-bond acceptors (Lipinski definition) is 4. The van der Waals surface area contributed by atoms with Gasteiger partial charge in [-0.2, -0.15) is 0 Å². The van der Waals surface area contributed by atoms with E-state index in [-0.39, 0.29) is 5.91 Å². The van der Waals surface area contributed by atoms with Crippen LogP contribution in [0.5, 0.6) is 0 Å². The predicted molar refractivity (Wildman–Crippen MR) is 66.3 cm³/mol. The molecule has 1 aromatic heterocycles. The van der Waals surface area contributed by atoms with Gasteiger partial charge in [0.2, 0.25) is 0 Å². The first kappa shape index (κ1) is 11.9. The van der Waals surface area contributed by atoms with Crippen LogP contribution in [0.1, 0.15) is 36.2 Å². The molecule has 0 aromatic carbocycles. The van der Waals surface area contributed by atoms with Gasteiger partial charge in [0.15, 0.2) is 0 Å². The van der Waals surface area contributed by atoms with E-state index in [0.29, 0.717) is 17.4 Å². The Bertz CT molecular complexity index is 388. The van der Waals surface area contributed by atoms with Gasteiger partial charge in [-0.05, 0) is 30.9 Å². The normalized spacial score (nSPS) is 15.8. The van der Waals surface area contributed by atoms with Gasteiger partial charge in [-0.1, -0.05) is 18.9 Å². The minimum Gasteiger partial charge on any atom is -0.350 e. The monoisotopic (exact) mass is 234 g/mol. The third-order valence-electron chi connectivity index (χ3n) is 3.16. The highest BCUT2D eigenvalue weighted by atomic mass is 16.1. The zero-order valence-corrected chi connectivity index (χ0v) is 9.78. The van der Waals surface area contributed by atoms with Gasteiger partial charge in [0.1, 0.15) is 11.5 Å². The third-order valence-corrected chi connectivity index (χ3v) is 3.16. The van der Waals surface area contributed by atoms with Crippen LogP contribution in [0.3, 0.4) is 0 Å². The summed E-state index contributed by atoms with van der Waals surface area (Å²) in [5.74, 6) is 6.25. The Morgan fingerprint density at radius 1 is 1.41 bits per heavy atom. The van der Waals surface area contributed by atoms with E-state index in [0.717, 1.165) is 6.54 Å². The van der Waals surface area contributed by atoms with E-state index in [2.05, 4.69) is 15.7 Å². The SMILES string of the molecule is NNc1cccc(C(=O)NCC2CCCC2)n1. The summed E-state index contributed by atoms with van der Waals surface area (Å²) >= 11 is 0. The van der Waals surface area contributed by atoms with Crippen molar-refractivity contribution in [2.45, 2.75) is 25.7 Å². The van der Waals surface area contributed by atoms with Gasteiger partial charge in [0.05, 0.1) is 0 Å². The molecule has 0 spiro atoms. The van der Waals surface area contributed by atoms with Crippen LogP contribution in [0.4, 0.5) is 5.82 Å². The van der Waals surface area contributed by atoms with E-state index in [1.807, 2.05) is 0 Å². The third kappa shape index (κ3) is 3.17. The van der Waals surface area contributed by atoms with Crippen LogP contribution in [0.15, 0.2) is 18.2 Å². The summed E-state index contributed by atoms with van der Waals surface area (Å²) in [4.78, 5) is 15.9. The van der Waals surface area contributed by atoms with E-state index in [9.17, 15) is 4.79 Å². The number of nitrogen functional groups attached to an aromatic ring is 1. The summed E-state index contributed by atoms with van der Waals surface area (Å²) in [5.41, 5.74) is 2.83. The predicted octanol–water partition coefficient (Wildman–Crippen LogP) is 1.29. The van der Waals surface area contributed by atoms with Gasteiger partial charge < -0.3 is 10.7 Å². The molecule has 0 bridgehead atoms. The Balaban J connectivity index is 1.89. The average molecular weight is 234 g/mol. The van der Waals surface area contributed by atoms with E-state index in [1.54, 1.807) is 18.2 Å². The second-order valence-electron chi connectivity index (χ2n) is 4.41. The molecule has 1 aliphatic rings. The lowest BCUT2D eigenvalue weighted by molar-refractivity contribution is 0.0942. The van der Waals surface area contributed by atoms with Crippen LogP contribution >= 0.6 is 0 Å². The molecule has 4 N–H and O–H groups in total. The molecular formula is C12H18N4O. The maximum absolute atomic E-state index is 11.8. The summed E-state index contributed by atoms with van der Waals surface area (Å²) in [6.45, 7) is 0.751. The summed E-state index contributed by atoms with van der Waals surface area (Å²) in [6, 6.07) is 5.16. The first-order valence-electron chi connectivity index (χ1n) is 6.01. The molecule has 1 aromatic rings. The Morgan fingerprint density at radius 3 is 2.88 bits per heavy atom. The van der Waals surface area contributed by atoms with Crippen molar-refractivity contribution in [2.75, 3.05) is 12.0 Å². The number of nitrogens with two attached hydrogens (primary N) is 1. The van der Waals surface area contributed by atoms with Crippen molar-refractivity contribution in [1.29, 1.82) is 0 Å². The van der Waals surface area contributed by atoms with Crippen molar-refractivity contribution in [3.8, 4) is 0 Å². The number of amides is 1. The van der Waals surface area contributed by atoms with Crippen LogP contribution in [0.25, 0.3) is 0 Å². The molecule has 92 valence electrons. The second kappa shape index (κ2) is 5.63. The molecule has 1 fully saturated rings. The molecule has 0 radical (unpaired) electrons. The lowest BCUT2D eigenvalue weighted by Crippen LogP contribution is -2.29. The fraction of sp³-hybridized carbons (Fsp3) is 0.500. The van der Waals surface area contributed by atoms with Crippen molar-refractivity contribution >= 4 is 11.7 Å². The molecule has 0 unspecified atom stereocenters. The summed E-state index contributed by atoms with van der Waals surface area (Å²) in [7, 11) is 0. The number of nitrogens with one attached hydrogen (secondary N) is 2. The molecule has 17 heavy (non-hydrogen) atoms. The molecular weight excluding hydrogens is 216 g/mol. The highest BCUT2D eigenvalue weighted by molar-refractivity contribution is 5.92. The topological polar surface area (TPSA) is 80.0 Å². The van der Waals surface area contributed by atoms with Crippen LogP contribution in [-0.4, -0.2) is 17.4 Å². The lowest BCUT2D eigenvalue weighted by Gasteiger charge is -2.10. The molecule has 0 atom stereocenters. The zero-order valence-electron chi connectivity index (χ0n) is 9.78. The summed E-state index contributed by atoms with van der Waals surface area (Å²) in [6.07, 6.45) is 5.01. The largest absolute Gasteiger partial charge is 0.350 e.